The van der Waals surface area contributed by atoms with Crippen LogP contribution in [0.1, 0.15) is 56.1 Å². The molecular weight excluding hydrogens is 432 g/mol. The van der Waals surface area contributed by atoms with Crippen molar-refractivity contribution >= 4 is 18.0 Å². The van der Waals surface area contributed by atoms with Gasteiger partial charge in [0.1, 0.15) is 12.6 Å². The van der Waals surface area contributed by atoms with E-state index in [1.165, 1.54) is 27.2 Å². The first kappa shape index (κ1) is 23.8. The van der Waals surface area contributed by atoms with E-state index in [0.717, 1.165) is 12.8 Å². The second-order valence-electron chi connectivity index (χ2n) is 9.29. The number of carbonyl (C=O) groups is 3. The fraction of sp³-hybridized carbons (Fsp3) is 0.444. The summed E-state index contributed by atoms with van der Waals surface area (Å²) in [6.07, 6.45) is 2.60. The van der Waals surface area contributed by atoms with E-state index < -0.39 is 18.1 Å². The Labute approximate surface area is 200 Å². The number of carboxylic acids is 1. The van der Waals surface area contributed by atoms with Crippen molar-refractivity contribution in [2.75, 3.05) is 19.7 Å². The van der Waals surface area contributed by atoms with E-state index in [-0.39, 0.29) is 30.8 Å². The average molecular weight is 465 g/mol. The third kappa shape index (κ3) is 5.24. The van der Waals surface area contributed by atoms with Gasteiger partial charge in [-0.1, -0.05) is 55.5 Å². The van der Waals surface area contributed by atoms with Crippen LogP contribution in [0.15, 0.2) is 48.5 Å². The number of carbonyl (C=O) groups excluding carboxylic acids is 2. The normalized spacial score (nSPS) is 18.0. The molecule has 7 nitrogen and oxygen atoms in total. The lowest BCUT2D eigenvalue weighted by molar-refractivity contribution is -0.152. The van der Waals surface area contributed by atoms with Crippen LogP contribution in [-0.2, 0) is 14.3 Å². The van der Waals surface area contributed by atoms with Gasteiger partial charge in [-0.25, -0.2) is 9.59 Å². The number of nitrogens with one attached hydrogen (secondary N) is 1. The zero-order valence-electron chi connectivity index (χ0n) is 19.5. The molecule has 1 saturated heterocycles. The number of hydrogen-bond donors (Lipinski definition) is 2. The second kappa shape index (κ2) is 10.7. The van der Waals surface area contributed by atoms with Gasteiger partial charge in [-0.05, 0) is 53.9 Å². The third-order valence-corrected chi connectivity index (χ3v) is 6.88. The molecule has 1 aliphatic carbocycles. The zero-order chi connectivity index (χ0) is 24.1. The SMILES string of the molecule is CC(CCNC(=O)OCC1c2ccccc2-c2ccccc21)CC(=O)N1CCCC[C@H]1C(=O)O. The quantitative estimate of drug-likeness (QED) is 0.603. The first-order valence-corrected chi connectivity index (χ1v) is 12.1. The summed E-state index contributed by atoms with van der Waals surface area (Å²) < 4.78 is 5.55. The summed E-state index contributed by atoms with van der Waals surface area (Å²) >= 11 is 0. The molecular formula is C27H32N2O5. The maximum Gasteiger partial charge on any atom is 0.407 e. The third-order valence-electron chi connectivity index (χ3n) is 6.88. The highest BCUT2D eigenvalue weighted by atomic mass is 16.5. The molecule has 2 aromatic carbocycles. The van der Waals surface area contributed by atoms with Crippen molar-refractivity contribution in [3.05, 3.63) is 59.7 Å². The molecule has 0 bridgehead atoms. The molecule has 1 fully saturated rings. The molecule has 0 radical (unpaired) electrons. The Hall–Kier alpha value is -3.35. The van der Waals surface area contributed by atoms with Gasteiger partial charge in [0.25, 0.3) is 0 Å². The minimum Gasteiger partial charge on any atom is -0.480 e. The number of alkyl carbamates (subject to hydrolysis) is 1. The molecule has 0 spiro atoms. The highest BCUT2D eigenvalue weighted by Gasteiger charge is 2.32. The Morgan fingerprint density at radius 2 is 1.71 bits per heavy atom. The Balaban J connectivity index is 1.22. The molecule has 1 aliphatic heterocycles. The lowest BCUT2D eigenvalue weighted by Crippen LogP contribution is -2.48. The molecule has 1 unspecified atom stereocenters. The Bertz CT molecular complexity index is 1010. The molecule has 34 heavy (non-hydrogen) atoms. The predicted octanol–water partition coefficient (Wildman–Crippen LogP) is 4.41. The van der Waals surface area contributed by atoms with Gasteiger partial charge in [0.05, 0.1) is 0 Å². The number of hydrogen-bond acceptors (Lipinski definition) is 4. The van der Waals surface area contributed by atoms with Crippen molar-refractivity contribution in [2.24, 2.45) is 5.92 Å². The Morgan fingerprint density at radius 1 is 1.06 bits per heavy atom. The van der Waals surface area contributed by atoms with Crippen LogP contribution in [0.25, 0.3) is 11.1 Å². The molecule has 2 aromatic rings. The van der Waals surface area contributed by atoms with Crippen LogP contribution in [0.5, 0.6) is 0 Å². The van der Waals surface area contributed by atoms with E-state index >= 15 is 0 Å². The summed E-state index contributed by atoms with van der Waals surface area (Å²) in [4.78, 5) is 37.9. The zero-order valence-corrected chi connectivity index (χ0v) is 19.5. The van der Waals surface area contributed by atoms with Crippen molar-refractivity contribution in [2.45, 2.75) is 51.0 Å². The number of amides is 2. The van der Waals surface area contributed by atoms with Crippen LogP contribution in [0, 0.1) is 5.92 Å². The minimum absolute atomic E-state index is 0.0152. The molecule has 2 N–H and O–H groups in total. The molecule has 0 aromatic heterocycles. The van der Waals surface area contributed by atoms with E-state index in [1.807, 2.05) is 31.2 Å². The highest BCUT2D eigenvalue weighted by molar-refractivity contribution is 5.84. The van der Waals surface area contributed by atoms with E-state index in [4.69, 9.17) is 4.74 Å². The molecule has 2 amide bonds. The summed E-state index contributed by atoms with van der Waals surface area (Å²) in [5, 5.41) is 12.2. The second-order valence-corrected chi connectivity index (χ2v) is 9.29. The lowest BCUT2D eigenvalue weighted by Gasteiger charge is -2.33. The molecule has 4 rings (SSSR count). The summed E-state index contributed by atoms with van der Waals surface area (Å²) in [5.74, 6) is -1.02. The van der Waals surface area contributed by atoms with Gasteiger partial charge in [-0.2, -0.15) is 0 Å². The minimum atomic E-state index is -0.933. The monoisotopic (exact) mass is 464 g/mol. The first-order valence-electron chi connectivity index (χ1n) is 12.1. The maximum atomic E-state index is 12.6. The summed E-state index contributed by atoms with van der Waals surface area (Å²) in [6, 6.07) is 15.7. The Kier molecular flexibility index (Phi) is 7.50. The Morgan fingerprint density at radius 3 is 2.35 bits per heavy atom. The van der Waals surface area contributed by atoms with E-state index in [9.17, 15) is 19.5 Å². The number of likely N-dealkylation sites (tertiary alicyclic amines) is 1. The number of rotatable bonds is 8. The molecule has 0 saturated carbocycles. The number of benzene rings is 2. The average Bonchev–Trinajstić information content (AvgIpc) is 3.16. The topological polar surface area (TPSA) is 95.9 Å². The van der Waals surface area contributed by atoms with Crippen molar-refractivity contribution in [3.63, 3.8) is 0 Å². The van der Waals surface area contributed by atoms with Crippen molar-refractivity contribution in [1.29, 1.82) is 0 Å². The van der Waals surface area contributed by atoms with Crippen LogP contribution in [0.2, 0.25) is 0 Å². The van der Waals surface area contributed by atoms with E-state index in [2.05, 4.69) is 29.6 Å². The highest BCUT2D eigenvalue weighted by Crippen LogP contribution is 2.44. The number of fused-ring (bicyclic) bond motifs is 3. The standard InChI is InChI=1S/C27H32N2O5/c1-18(16-25(30)29-15-7-6-12-24(29)26(31)32)13-14-28-27(33)34-17-23-21-10-4-2-8-19(21)20-9-3-5-11-22(20)23/h2-5,8-11,18,23-24H,6-7,12-17H2,1H3,(H,28,33)(H,31,32)/t18?,24-/m0/s1. The smallest absolute Gasteiger partial charge is 0.407 e. The van der Waals surface area contributed by atoms with Gasteiger partial charge in [-0.15, -0.1) is 0 Å². The van der Waals surface area contributed by atoms with Gasteiger partial charge in [0.15, 0.2) is 0 Å². The van der Waals surface area contributed by atoms with Gasteiger partial charge in [0.2, 0.25) is 5.91 Å². The van der Waals surface area contributed by atoms with Crippen molar-refractivity contribution in [1.82, 2.24) is 10.2 Å². The van der Waals surface area contributed by atoms with Crippen LogP contribution < -0.4 is 5.32 Å². The van der Waals surface area contributed by atoms with Crippen LogP contribution in [0.4, 0.5) is 4.79 Å². The molecule has 2 atom stereocenters. The van der Waals surface area contributed by atoms with E-state index in [0.29, 0.717) is 25.9 Å². The maximum absolute atomic E-state index is 12.6. The summed E-state index contributed by atoms with van der Waals surface area (Å²) in [6.45, 7) is 3.10. The number of piperidine rings is 1. The van der Waals surface area contributed by atoms with Crippen LogP contribution in [0.3, 0.4) is 0 Å². The first-order chi connectivity index (χ1) is 16.5. The van der Waals surface area contributed by atoms with Gasteiger partial charge in [0, 0.05) is 25.4 Å². The predicted molar refractivity (Wildman–Crippen MR) is 128 cm³/mol. The number of nitrogens with zero attached hydrogens (tertiary/aromatic N) is 1. The van der Waals surface area contributed by atoms with Crippen LogP contribution >= 0.6 is 0 Å². The number of aliphatic carboxylic acids is 1. The summed E-state index contributed by atoms with van der Waals surface area (Å²) in [5.41, 5.74) is 4.70. The van der Waals surface area contributed by atoms with E-state index in [1.54, 1.807) is 0 Å². The van der Waals surface area contributed by atoms with Gasteiger partial charge < -0.3 is 20.1 Å². The molecule has 2 aliphatic rings. The van der Waals surface area contributed by atoms with Crippen molar-refractivity contribution < 1.29 is 24.2 Å². The van der Waals surface area contributed by atoms with Crippen LogP contribution in [-0.4, -0.2) is 53.7 Å². The fourth-order valence-electron chi connectivity index (χ4n) is 5.07. The van der Waals surface area contributed by atoms with Gasteiger partial charge in [-0.3, -0.25) is 4.79 Å². The van der Waals surface area contributed by atoms with Crippen molar-refractivity contribution in [3.8, 4) is 11.1 Å². The number of ether oxygens (including phenoxy) is 1. The number of carboxylic acid groups (broad SMARTS) is 1. The molecule has 180 valence electrons. The lowest BCUT2D eigenvalue weighted by atomic mass is 9.98. The molecule has 1 heterocycles. The van der Waals surface area contributed by atoms with Gasteiger partial charge >= 0.3 is 12.1 Å². The molecule has 7 heteroatoms. The summed E-state index contributed by atoms with van der Waals surface area (Å²) in [7, 11) is 0. The largest absolute Gasteiger partial charge is 0.480 e. The fourth-order valence-corrected chi connectivity index (χ4v) is 5.07.